The molecule has 1 heterocycles. The lowest BCUT2D eigenvalue weighted by Crippen LogP contribution is -2.01. The zero-order chi connectivity index (χ0) is 12.8. The zero-order valence-corrected chi connectivity index (χ0v) is 10.1. The maximum absolute atomic E-state index is 11.0. The maximum Gasteiger partial charge on any atom is 0.338 e. The van der Waals surface area contributed by atoms with E-state index in [0.29, 0.717) is 16.2 Å². The van der Waals surface area contributed by atoms with Gasteiger partial charge in [0.05, 0.1) is 0 Å². The van der Waals surface area contributed by atoms with Crippen LogP contribution in [0.1, 0.15) is 12.5 Å². The number of carbonyl (C=O) groups is 1. The highest BCUT2D eigenvalue weighted by Crippen LogP contribution is 2.27. The smallest absolute Gasteiger partial charge is 0.338 e. The third kappa shape index (κ3) is 2.99. The van der Waals surface area contributed by atoms with Crippen molar-refractivity contribution in [2.75, 3.05) is 6.26 Å². The number of hydrogen-bond donors (Lipinski definition) is 1. The fourth-order valence-electron chi connectivity index (χ4n) is 1.29. The van der Waals surface area contributed by atoms with E-state index >= 15 is 0 Å². The van der Waals surface area contributed by atoms with E-state index in [2.05, 4.69) is 15.0 Å². The number of aromatic nitrogens is 1. The molecule has 1 aromatic rings. The molecule has 0 saturated carbocycles. The summed E-state index contributed by atoms with van der Waals surface area (Å²) in [5, 5.41) is 12.8. The lowest BCUT2D eigenvalue weighted by molar-refractivity contribution is -0.132. The van der Waals surface area contributed by atoms with Crippen LogP contribution >= 0.6 is 11.8 Å². The third-order valence-electron chi connectivity index (χ3n) is 2.07. The fraction of sp³-hybridized carbons (Fsp3) is 0.200. The van der Waals surface area contributed by atoms with Gasteiger partial charge in [0.2, 0.25) is 0 Å². The first-order valence-corrected chi connectivity index (χ1v) is 5.83. The minimum Gasteiger partial charge on any atom is -0.478 e. The maximum atomic E-state index is 11.0. The van der Waals surface area contributed by atoms with Crippen LogP contribution in [-0.2, 0) is 4.79 Å². The Morgan fingerprint density at radius 3 is 2.88 bits per heavy atom. The molecule has 0 amide bonds. The highest BCUT2D eigenvalue weighted by atomic mass is 32.2. The van der Waals surface area contributed by atoms with Crippen LogP contribution < -0.4 is 0 Å². The molecule has 0 aliphatic heterocycles. The number of azide groups is 1. The van der Waals surface area contributed by atoms with Crippen LogP contribution in [0.25, 0.3) is 16.0 Å². The molecule has 0 spiro atoms. The summed E-state index contributed by atoms with van der Waals surface area (Å²) in [7, 11) is 0. The minimum atomic E-state index is -1.25. The Morgan fingerprint density at radius 1 is 1.65 bits per heavy atom. The number of aliphatic carboxylic acids is 1. The number of pyridine rings is 1. The summed E-state index contributed by atoms with van der Waals surface area (Å²) in [5.41, 5.74) is 9.09. The number of hydrogen-bond acceptors (Lipinski definition) is 4. The summed E-state index contributed by atoms with van der Waals surface area (Å²) in [6.07, 6.45) is 3.46. The van der Waals surface area contributed by atoms with Crippen LogP contribution in [0.2, 0.25) is 0 Å². The molecule has 0 fully saturated rings. The second-order valence-electron chi connectivity index (χ2n) is 3.03. The molecule has 0 aliphatic rings. The van der Waals surface area contributed by atoms with Gasteiger partial charge in [0.25, 0.3) is 0 Å². The van der Waals surface area contributed by atoms with Gasteiger partial charge in [0.1, 0.15) is 10.7 Å². The summed E-state index contributed by atoms with van der Waals surface area (Å²) in [4.78, 5) is 17.6. The van der Waals surface area contributed by atoms with Crippen molar-refractivity contribution >= 4 is 23.3 Å². The van der Waals surface area contributed by atoms with Gasteiger partial charge in [0.15, 0.2) is 0 Å². The summed E-state index contributed by atoms with van der Waals surface area (Å²) in [6, 6.07) is 3.44. The number of nitrogens with zero attached hydrogens (tertiary/aromatic N) is 4. The summed E-state index contributed by atoms with van der Waals surface area (Å²) in [6.45, 7) is 1.59. The van der Waals surface area contributed by atoms with E-state index in [0.717, 1.165) is 0 Å². The van der Waals surface area contributed by atoms with E-state index in [1.54, 1.807) is 25.3 Å². The standard InChI is InChI=1S/C10H10N4O2S/c1-6(8(10(15)16)13-14-11)7-4-3-5-12-9(7)17-2/h3-5H,1-2H3,(H,15,16)/b8-6-. The number of carboxylic acids is 1. The number of rotatable bonds is 4. The van der Waals surface area contributed by atoms with E-state index in [1.807, 2.05) is 6.26 Å². The molecular formula is C10H10N4O2S. The van der Waals surface area contributed by atoms with Crippen LogP contribution in [0, 0.1) is 0 Å². The molecule has 88 valence electrons. The van der Waals surface area contributed by atoms with Crippen LogP contribution in [0.15, 0.2) is 34.2 Å². The van der Waals surface area contributed by atoms with Crippen molar-refractivity contribution in [1.29, 1.82) is 0 Å². The quantitative estimate of drug-likeness (QED) is 0.292. The molecule has 0 radical (unpaired) electrons. The molecule has 1 N–H and O–H groups in total. The molecular weight excluding hydrogens is 240 g/mol. The normalized spacial score (nSPS) is 11.4. The Morgan fingerprint density at radius 2 is 2.35 bits per heavy atom. The second kappa shape index (κ2) is 5.93. The Kier molecular flexibility index (Phi) is 4.56. The first-order chi connectivity index (χ1) is 8.11. The highest BCUT2D eigenvalue weighted by Gasteiger charge is 2.13. The van der Waals surface area contributed by atoms with E-state index in [-0.39, 0.29) is 5.70 Å². The van der Waals surface area contributed by atoms with Crippen LogP contribution in [-0.4, -0.2) is 22.3 Å². The molecule has 0 aromatic carbocycles. The van der Waals surface area contributed by atoms with E-state index in [1.165, 1.54) is 11.8 Å². The van der Waals surface area contributed by atoms with Gasteiger partial charge in [-0.1, -0.05) is 11.2 Å². The van der Waals surface area contributed by atoms with Crippen LogP contribution in [0.4, 0.5) is 0 Å². The molecule has 1 rings (SSSR count). The molecule has 0 atom stereocenters. The molecule has 0 unspecified atom stereocenters. The molecule has 0 saturated heterocycles. The van der Waals surface area contributed by atoms with E-state index in [9.17, 15) is 4.79 Å². The van der Waals surface area contributed by atoms with Crippen LogP contribution in [0.3, 0.4) is 0 Å². The largest absolute Gasteiger partial charge is 0.478 e. The number of allylic oxidation sites excluding steroid dienone is 1. The van der Waals surface area contributed by atoms with Crippen molar-refractivity contribution in [2.24, 2.45) is 5.11 Å². The second-order valence-corrected chi connectivity index (χ2v) is 3.82. The van der Waals surface area contributed by atoms with Crippen molar-refractivity contribution < 1.29 is 9.90 Å². The van der Waals surface area contributed by atoms with Crippen molar-refractivity contribution in [1.82, 2.24) is 4.98 Å². The zero-order valence-electron chi connectivity index (χ0n) is 9.28. The minimum absolute atomic E-state index is 0.309. The monoisotopic (exact) mass is 250 g/mol. The van der Waals surface area contributed by atoms with Crippen molar-refractivity contribution in [2.45, 2.75) is 11.9 Å². The van der Waals surface area contributed by atoms with Gasteiger partial charge in [-0.3, -0.25) is 0 Å². The molecule has 7 heteroatoms. The lowest BCUT2D eigenvalue weighted by Gasteiger charge is -2.07. The van der Waals surface area contributed by atoms with Gasteiger partial charge in [-0.25, -0.2) is 9.78 Å². The predicted molar refractivity (Wildman–Crippen MR) is 65.4 cm³/mol. The van der Waals surface area contributed by atoms with Gasteiger partial charge >= 0.3 is 5.97 Å². The Labute approximate surface area is 102 Å². The van der Waals surface area contributed by atoms with Crippen LogP contribution in [0.5, 0.6) is 0 Å². The molecule has 17 heavy (non-hydrogen) atoms. The van der Waals surface area contributed by atoms with Gasteiger partial charge in [-0.15, -0.1) is 11.8 Å². The summed E-state index contributed by atoms with van der Waals surface area (Å²) in [5.74, 6) is -1.25. The fourth-order valence-corrected chi connectivity index (χ4v) is 1.90. The van der Waals surface area contributed by atoms with E-state index in [4.69, 9.17) is 10.6 Å². The van der Waals surface area contributed by atoms with Crippen molar-refractivity contribution in [3.8, 4) is 0 Å². The first-order valence-electron chi connectivity index (χ1n) is 4.60. The number of thioether (sulfide) groups is 1. The lowest BCUT2D eigenvalue weighted by atomic mass is 10.1. The highest BCUT2D eigenvalue weighted by molar-refractivity contribution is 7.98. The van der Waals surface area contributed by atoms with Gasteiger partial charge in [0, 0.05) is 16.7 Å². The SMILES string of the molecule is CSc1ncccc1/C(C)=C(\N=[N+]=[N-])C(=O)O. The van der Waals surface area contributed by atoms with Gasteiger partial charge in [-0.2, -0.15) is 0 Å². The third-order valence-corrected chi connectivity index (χ3v) is 2.78. The number of carboxylic acid groups (broad SMARTS) is 1. The molecule has 0 aliphatic carbocycles. The summed E-state index contributed by atoms with van der Waals surface area (Å²) >= 11 is 1.40. The first kappa shape index (κ1) is 13.1. The van der Waals surface area contributed by atoms with Crippen molar-refractivity contribution in [3.63, 3.8) is 0 Å². The molecule has 0 bridgehead atoms. The average molecular weight is 250 g/mol. The predicted octanol–water partition coefficient (Wildman–Crippen LogP) is 2.93. The van der Waals surface area contributed by atoms with E-state index < -0.39 is 5.97 Å². The Bertz CT molecular complexity index is 517. The Hall–Kier alpha value is -1.98. The topological polar surface area (TPSA) is 99.0 Å². The van der Waals surface area contributed by atoms with Gasteiger partial charge in [-0.05, 0) is 30.4 Å². The molecule has 6 nitrogen and oxygen atoms in total. The Balaban J connectivity index is 3.43. The summed E-state index contributed by atoms with van der Waals surface area (Å²) < 4.78 is 0. The average Bonchev–Trinajstić information content (AvgIpc) is 2.34. The van der Waals surface area contributed by atoms with Crippen molar-refractivity contribution in [3.05, 3.63) is 40.0 Å². The molecule has 1 aromatic heterocycles. The van der Waals surface area contributed by atoms with Gasteiger partial charge < -0.3 is 5.11 Å².